The Labute approximate surface area is 225 Å². The lowest BCUT2D eigenvalue weighted by Crippen LogP contribution is -2.50. The quantitative estimate of drug-likeness (QED) is 0.188. The Morgan fingerprint density at radius 3 is 2.47 bits per heavy atom. The third-order valence-electron chi connectivity index (χ3n) is 7.65. The van der Waals surface area contributed by atoms with Crippen LogP contribution in [0.4, 0.5) is 0 Å². The van der Waals surface area contributed by atoms with E-state index in [1.54, 1.807) is 13.0 Å². The molecule has 0 aromatic heterocycles. The molecule has 38 heavy (non-hydrogen) atoms. The van der Waals surface area contributed by atoms with Crippen molar-refractivity contribution in [1.82, 2.24) is 5.32 Å². The van der Waals surface area contributed by atoms with Gasteiger partial charge in [0.15, 0.2) is 0 Å². The molecular formula is C29H43NO8. The van der Waals surface area contributed by atoms with Crippen molar-refractivity contribution in [3.8, 4) is 0 Å². The van der Waals surface area contributed by atoms with Gasteiger partial charge in [0.25, 0.3) is 0 Å². The van der Waals surface area contributed by atoms with E-state index >= 15 is 0 Å². The number of nitrogens with one attached hydrogen (secondary N) is 1. The molecule has 9 heteroatoms. The van der Waals surface area contributed by atoms with Gasteiger partial charge in [-0.2, -0.15) is 0 Å². The second-order valence-electron chi connectivity index (χ2n) is 11.1. The van der Waals surface area contributed by atoms with Crippen LogP contribution in [0.1, 0.15) is 73.6 Å². The summed E-state index contributed by atoms with van der Waals surface area (Å²) in [6, 6.07) is -0.103. The fourth-order valence-corrected chi connectivity index (χ4v) is 5.42. The number of carbonyl (C=O) groups is 3. The summed E-state index contributed by atoms with van der Waals surface area (Å²) in [5.41, 5.74) is 0.827. The van der Waals surface area contributed by atoms with Crippen LogP contribution in [0.3, 0.4) is 0 Å². The van der Waals surface area contributed by atoms with E-state index in [1.807, 2.05) is 32.9 Å². The van der Waals surface area contributed by atoms with E-state index in [0.717, 1.165) is 24.8 Å². The average Bonchev–Trinajstić information content (AvgIpc) is 3.42. The number of hydrogen-bond acceptors (Lipinski definition) is 7. The number of carboxylic acids is 1. The second kappa shape index (κ2) is 13.0. The molecule has 3 saturated heterocycles. The number of esters is 1. The van der Waals surface area contributed by atoms with Crippen LogP contribution in [0.5, 0.6) is 0 Å². The average molecular weight is 534 g/mol. The number of carbonyl (C=O) groups excluding carboxylic acids is 2. The van der Waals surface area contributed by atoms with Crippen LogP contribution in [0.15, 0.2) is 36.0 Å². The molecule has 0 aliphatic carbocycles. The molecular weight excluding hydrogens is 490 g/mol. The molecule has 3 aliphatic heterocycles. The maximum atomic E-state index is 12.3. The number of carboxylic acid groups (broad SMARTS) is 1. The van der Waals surface area contributed by atoms with Crippen LogP contribution in [0, 0.1) is 5.92 Å². The van der Waals surface area contributed by atoms with Gasteiger partial charge in [0.2, 0.25) is 5.91 Å². The normalized spacial score (nSPS) is 36.4. The maximum Gasteiger partial charge on any atom is 0.305 e. The molecule has 1 amide bonds. The van der Waals surface area contributed by atoms with Gasteiger partial charge in [-0.1, -0.05) is 30.7 Å². The van der Waals surface area contributed by atoms with Crippen molar-refractivity contribution in [3.05, 3.63) is 36.0 Å². The van der Waals surface area contributed by atoms with Gasteiger partial charge in [-0.25, -0.2) is 0 Å². The standard InChI is InChI=1S/C29H43NO8/c1-17(7-10-23-15-29(21(5)38-29)16-24(37-23)14-28(33)34)8-11-26-18(2)13-25(20(4)36-26)30-27(32)12-9-19(3)35-22(6)31/h7-10,12,18-21,23-26H,11,13-16H2,1-6H3,(H,30,32)(H,33,34)/b10-7+,12-9-,17-8+/t18-,19-,20+,21+,23+,24+,25+,26-,29+/m0/s1. The minimum atomic E-state index is -0.859. The van der Waals surface area contributed by atoms with Crippen molar-refractivity contribution in [2.24, 2.45) is 5.92 Å². The molecule has 3 aliphatic rings. The third-order valence-corrected chi connectivity index (χ3v) is 7.65. The fourth-order valence-electron chi connectivity index (χ4n) is 5.42. The molecule has 0 aromatic carbocycles. The van der Waals surface area contributed by atoms with E-state index < -0.39 is 12.1 Å². The second-order valence-corrected chi connectivity index (χ2v) is 11.1. The summed E-state index contributed by atoms with van der Waals surface area (Å²) < 4.78 is 23.1. The Balaban J connectivity index is 1.48. The number of epoxide rings is 1. The van der Waals surface area contributed by atoms with Crippen LogP contribution >= 0.6 is 0 Å². The van der Waals surface area contributed by atoms with Crippen LogP contribution < -0.4 is 5.32 Å². The molecule has 1 spiro atoms. The van der Waals surface area contributed by atoms with Crippen molar-refractivity contribution < 1.29 is 38.4 Å². The third kappa shape index (κ3) is 8.78. The lowest BCUT2D eigenvalue weighted by atomic mass is 9.87. The minimum Gasteiger partial charge on any atom is -0.481 e. The summed E-state index contributed by atoms with van der Waals surface area (Å²) in [4.78, 5) is 34.5. The molecule has 0 aromatic rings. The van der Waals surface area contributed by atoms with Crippen molar-refractivity contribution in [2.75, 3.05) is 0 Å². The topological polar surface area (TPSA) is 124 Å². The van der Waals surface area contributed by atoms with Crippen LogP contribution in [-0.2, 0) is 33.3 Å². The first-order valence-electron chi connectivity index (χ1n) is 13.6. The zero-order valence-corrected chi connectivity index (χ0v) is 23.3. The molecule has 2 N–H and O–H groups in total. The first kappa shape index (κ1) is 30.1. The summed E-state index contributed by atoms with van der Waals surface area (Å²) in [5.74, 6) is -1.24. The number of hydrogen-bond donors (Lipinski definition) is 2. The van der Waals surface area contributed by atoms with Crippen molar-refractivity contribution in [1.29, 1.82) is 0 Å². The highest BCUT2D eigenvalue weighted by molar-refractivity contribution is 5.87. The van der Waals surface area contributed by atoms with Crippen LogP contribution in [0.25, 0.3) is 0 Å². The molecule has 0 bridgehead atoms. The van der Waals surface area contributed by atoms with E-state index in [0.29, 0.717) is 6.42 Å². The molecule has 9 nitrogen and oxygen atoms in total. The molecule has 0 radical (unpaired) electrons. The Morgan fingerprint density at radius 1 is 1.13 bits per heavy atom. The highest BCUT2D eigenvalue weighted by Gasteiger charge is 2.57. The summed E-state index contributed by atoms with van der Waals surface area (Å²) in [6.45, 7) is 11.2. The van der Waals surface area contributed by atoms with E-state index in [4.69, 9.17) is 18.9 Å². The van der Waals surface area contributed by atoms with Gasteiger partial charge >= 0.3 is 11.9 Å². The largest absolute Gasteiger partial charge is 0.481 e. The molecule has 212 valence electrons. The number of amides is 1. The predicted octanol–water partition coefficient (Wildman–Crippen LogP) is 3.86. The van der Waals surface area contributed by atoms with Gasteiger partial charge in [0.1, 0.15) is 6.10 Å². The SMILES string of the molecule is CC(=O)O[C@@H](C)/C=C\C(=O)N[C@@H]1C[C@H](C)[C@H](C/C=C(C)/C=C/[C@@H]2C[C@]3(C[C@@H](CC(=O)O)O2)O[C@@H]3C)O[C@@H]1C. The summed E-state index contributed by atoms with van der Waals surface area (Å²) in [6.07, 6.45) is 11.1. The molecule has 3 rings (SSSR count). The van der Waals surface area contributed by atoms with Gasteiger partial charge in [0.05, 0.1) is 48.6 Å². The van der Waals surface area contributed by atoms with Gasteiger partial charge in [-0.05, 0) is 52.5 Å². The molecule has 3 heterocycles. The zero-order chi connectivity index (χ0) is 28.0. The number of ether oxygens (including phenoxy) is 4. The molecule has 3 fully saturated rings. The van der Waals surface area contributed by atoms with E-state index in [2.05, 4.69) is 18.3 Å². The fraction of sp³-hybridized carbons (Fsp3) is 0.690. The Hall–Kier alpha value is -2.49. The van der Waals surface area contributed by atoms with Crippen LogP contribution in [0.2, 0.25) is 0 Å². The first-order chi connectivity index (χ1) is 17.9. The van der Waals surface area contributed by atoms with E-state index in [9.17, 15) is 19.5 Å². The lowest BCUT2D eigenvalue weighted by Gasteiger charge is -2.39. The van der Waals surface area contributed by atoms with Gasteiger partial charge in [-0.15, -0.1) is 0 Å². The Kier molecular flexibility index (Phi) is 10.3. The van der Waals surface area contributed by atoms with Crippen LogP contribution in [-0.4, -0.2) is 71.2 Å². The summed E-state index contributed by atoms with van der Waals surface area (Å²) in [5, 5.41) is 12.2. The number of allylic oxidation sites excluding steroid dienone is 2. The van der Waals surface area contributed by atoms with E-state index in [1.165, 1.54) is 13.0 Å². The van der Waals surface area contributed by atoms with Gasteiger partial charge < -0.3 is 29.4 Å². The number of aliphatic carboxylic acids is 1. The molecule has 9 atom stereocenters. The maximum absolute atomic E-state index is 12.3. The predicted molar refractivity (Wildman–Crippen MR) is 141 cm³/mol. The van der Waals surface area contributed by atoms with E-state index in [-0.39, 0.29) is 66.4 Å². The lowest BCUT2D eigenvalue weighted by molar-refractivity contribution is -0.144. The van der Waals surface area contributed by atoms with Crippen molar-refractivity contribution in [2.45, 2.75) is 122 Å². The highest BCUT2D eigenvalue weighted by Crippen LogP contribution is 2.48. The zero-order valence-electron chi connectivity index (χ0n) is 23.3. The summed E-state index contributed by atoms with van der Waals surface area (Å²) >= 11 is 0. The highest BCUT2D eigenvalue weighted by atomic mass is 16.6. The molecule has 0 saturated carbocycles. The van der Waals surface area contributed by atoms with Crippen molar-refractivity contribution in [3.63, 3.8) is 0 Å². The molecule has 0 unspecified atom stereocenters. The summed E-state index contributed by atoms with van der Waals surface area (Å²) in [7, 11) is 0. The minimum absolute atomic E-state index is 0.0166. The first-order valence-corrected chi connectivity index (χ1v) is 13.6. The number of rotatable bonds is 10. The smallest absolute Gasteiger partial charge is 0.305 e. The monoisotopic (exact) mass is 533 g/mol. The van der Waals surface area contributed by atoms with Gasteiger partial charge in [0, 0.05) is 25.8 Å². The Morgan fingerprint density at radius 2 is 1.84 bits per heavy atom. The van der Waals surface area contributed by atoms with Gasteiger partial charge in [-0.3, -0.25) is 14.4 Å². The van der Waals surface area contributed by atoms with Crippen molar-refractivity contribution >= 4 is 17.8 Å². The Bertz CT molecular complexity index is 958.